The van der Waals surface area contributed by atoms with E-state index in [1.54, 1.807) is 30.8 Å². The van der Waals surface area contributed by atoms with Gasteiger partial charge >= 0.3 is 0 Å². The minimum atomic E-state index is -3.78. The second-order valence-electron chi connectivity index (χ2n) is 8.63. The number of benzene rings is 2. The van der Waals surface area contributed by atoms with Crippen molar-refractivity contribution < 1.29 is 17.9 Å². The maximum absolute atomic E-state index is 13.3. The molecule has 1 aromatic heterocycles. The quantitative estimate of drug-likeness (QED) is 0.539. The van der Waals surface area contributed by atoms with Gasteiger partial charge in [0, 0.05) is 26.1 Å². The lowest BCUT2D eigenvalue weighted by Gasteiger charge is -2.34. The van der Waals surface area contributed by atoms with E-state index in [2.05, 4.69) is 5.32 Å². The molecule has 1 amide bonds. The van der Waals surface area contributed by atoms with Gasteiger partial charge in [0.15, 0.2) is 0 Å². The fraction of sp³-hybridized carbons (Fsp3) is 0.360. The molecule has 35 heavy (non-hydrogen) atoms. The molecule has 3 aromatic rings. The van der Waals surface area contributed by atoms with Gasteiger partial charge in [-0.15, -0.1) is 0 Å². The summed E-state index contributed by atoms with van der Waals surface area (Å²) in [5.41, 5.74) is 1.16. The predicted octanol–water partition coefficient (Wildman–Crippen LogP) is 3.07. The van der Waals surface area contributed by atoms with Crippen LogP contribution < -0.4 is 15.6 Å². The first-order chi connectivity index (χ1) is 16.7. The Morgan fingerprint density at radius 1 is 1.09 bits per heavy atom. The number of ether oxygens (including phenoxy) is 1. The van der Waals surface area contributed by atoms with Gasteiger partial charge in [0.2, 0.25) is 15.9 Å². The lowest BCUT2D eigenvalue weighted by Crippen LogP contribution is -2.45. The van der Waals surface area contributed by atoms with E-state index in [1.165, 1.54) is 28.2 Å². The van der Waals surface area contributed by atoms with Crippen LogP contribution in [0.4, 0.5) is 5.69 Å². The molecule has 4 rings (SSSR count). The zero-order valence-corrected chi connectivity index (χ0v) is 20.9. The summed E-state index contributed by atoms with van der Waals surface area (Å²) in [6.07, 6.45) is 2.10. The van der Waals surface area contributed by atoms with Crippen LogP contribution in [-0.4, -0.2) is 47.7 Å². The van der Waals surface area contributed by atoms with Crippen LogP contribution in [0.3, 0.4) is 0 Å². The van der Waals surface area contributed by atoms with E-state index >= 15 is 0 Å². The molecule has 9 nitrogen and oxygen atoms in total. The van der Waals surface area contributed by atoms with Crippen LogP contribution in [0.1, 0.15) is 31.4 Å². The number of nitrogens with zero attached hydrogens (tertiary/aromatic N) is 3. The van der Waals surface area contributed by atoms with Gasteiger partial charge in [-0.3, -0.25) is 14.3 Å². The maximum Gasteiger partial charge on any atom is 0.295 e. The summed E-state index contributed by atoms with van der Waals surface area (Å²) < 4.78 is 36.4. The van der Waals surface area contributed by atoms with Gasteiger partial charge in [0.05, 0.1) is 23.4 Å². The summed E-state index contributed by atoms with van der Waals surface area (Å²) in [7, 11) is -0.508. The van der Waals surface area contributed by atoms with Crippen molar-refractivity contribution in [2.45, 2.75) is 43.5 Å². The van der Waals surface area contributed by atoms with E-state index in [1.807, 2.05) is 30.3 Å². The maximum atomic E-state index is 13.3. The molecule has 0 spiro atoms. The van der Waals surface area contributed by atoms with Gasteiger partial charge < -0.3 is 10.1 Å². The number of carbonyl (C=O) groups excluding carboxylic acids is 1. The predicted molar refractivity (Wildman–Crippen MR) is 134 cm³/mol. The Labute approximate surface area is 205 Å². The largest absolute Gasteiger partial charge is 0.497 e. The first-order valence-corrected chi connectivity index (χ1v) is 13.0. The Hall–Kier alpha value is -3.37. The van der Waals surface area contributed by atoms with Crippen molar-refractivity contribution in [1.82, 2.24) is 13.7 Å². The van der Waals surface area contributed by atoms with Crippen molar-refractivity contribution >= 4 is 21.6 Å². The number of methoxy groups -OCH3 is 1. The summed E-state index contributed by atoms with van der Waals surface area (Å²) >= 11 is 0. The Kier molecular flexibility index (Phi) is 7.13. The third kappa shape index (κ3) is 4.89. The van der Waals surface area contributed by atoms with Gasteiger partial charge in [0.25, 0.3) is 5.56 Å². The SMILES string of the molecule is COc1ccc(S(=O)(=O)N2CCCCC2CC(=O)Nc2c(C)n(C)n(-c3ccccc3)c2=O)cc1. The highest BCUT2D eigenvalue weighted by molar-refractivity contribution is 7.89. The second kappa shape index (κ2) is 10.1. The number of sulfonamides is 1. The fourth-order valence-corrected chi connectivity index (χ4v) is 6.19. The highest BCUT2D eigenvalue weighted by Gasteiger charge is 2.35. The monoisotopic (exact) mass is 498 g/mol. The number of para-hydroxylation sites is 1. The number of amides is 1. The molecule has 1 N–H and O–H groups in total. The smallest absolute Gasteiger partial charge is 0.295 e. The Morgan fingerprint density at radius 2 is 1.77 bits per heavy atom. The van der Waals surface area contributed by atoms with E-state index in [0.717, 1.165) is 12.8 Å². The van der Waals surface area contributed by atoms with E-state index in [0.29, 0.717) is 30.1 Å². The average Bonchev–Trinajstić information content (AvgIpc) is 3.07. The van der Waals surface area contributed by atoms with E-state index < -0.39 is 22.0 Å². The number of hydrogen-bond donors (Lipinski definition) is 1. The van der Waals surface area contributed by atoms with Crippen molar-refractivity contribution in [3.8, 4) is 11.4 Å². The summed E-state index contributed by atoms with van der Waals surface area (Å²) in [5.74, 6) is 0.177. The molecule has 1 aliphatic rings. The highest BCUT2D eigenvalue weighted by Crippen LogP contribution is 2.28. The Bertz CT molecular complexity index is 1360. The molecule has 2 heterocycles. The van der Waals surface area contributed by atoms with Gasteiger partial charge in [-0.2, -0.15) is 4.31 Å². The number of hydrogen-bond acceptors (Lipinski definition) is 5. The number of aromatic nitrogens is 2. The van der Waals surface area contributed by atoms with Crippen LogP contribution in [0.25, 0.3) is 5.69 Å². The zero-order chi connectivity index (χ0) is 25.2. The number of rotatable bonds is 7. The van der Waals surface area contributed by atoms with E-state index in [9.17, 15) is 18.0 Å². The first-order valence-electron chi connectivity index (χ1n) is 11.5. The van der Waals surface area contributed by atoms with Crippen molar-refractivity contribution in [3.63, 3.8) is 0 Å². The van der Waals surface area contributed by atoms with Gasteiger partial charge in [-0.25, -0.2) is 13.1 Å². The highest BCUT2D eigenvalue weighted by atomic mass is 32.2. The summed E-state index contributed by atoms with van der Waals surface area (Å²) in [6, 6.07) is 14.9. The molecule has 186 valence electrons. The number of carbonyl (C=O) groups is 1. The molecule has 0 saturated carbocycles. The third-order valence-electron chi connectivity index (χ3n) is 6.48. The minimum Gasteiger partial charge on any atom is -0.497 e. The molecule has 1 unspecified atom stereocenters. The van der Waals surface area contributed by atoms with Crippen molar-refractivity contribution in [2.75, 3.05) is 19.0 Å². The molecule has 1 atom stereocenters. The topological polar surface area (TPSA) is 103 Å². The lowest BCUT2D eigenvalue weighted by atomic mass is 10.0. The number of anilines is 1. The van der Waals surface area contributed by atoms with Gasteiger partial charge in [-0.1, -0.05) is 24.6 Å². The minimum absolute atomic E-state index is 0.0332. The molecule has 10 heteroatoms. The van der Waals surface area contributed by atoms with Crippen LogP contribution in [0.5, 0.6) is 5.75 Å². The molecular weight excluding hydrogens is 468 g/mol. The van der Waals surface area contributed by atoms with Crippen LogP contribution in [0.2, 0.25) is 0 Å². The Balaban J connectivity index is 1.55. The molecule has 0 radical (unpaired) electrons. The van der Waals surface area contributed by atoms with Gasteiger partial charge in [-0.05, 0) is 56.2 Å². The molecule has 1 fully saturated rings. The number of nitrogens with one attached hydrogen (secondary N) is 1. The molecule has 0 aliphatic carbocycles. The van der Waals surface area contributed by atoms with E-state index in [-0.39, 0.29) is 22.6 Å². The fourth-order valence-electron chi connectivity index (χ4n) is 4.49. The van der Waals surface area contributed by atoms with Crippen LogP contribution in [0, 0.1) is 6.92 Å². The summed E-state index contributed by atoms with van der Waals surface area (Å²) in [5, 5.41) is 2.75. The Morgan fingerprint density at radius 3 is 2.43 bits per heavy atom. The molecule has 1 saturated heterocycles. The second-order valence-corrected chi connectivity index (χ2v) is 10.5. The molecule has 1 aliphatic heterocycles. The zero-order valence-electron chi connectivity index (χ0n) is 20.1. The van der Waals surface area contributed by atoms with Gasteiger partial charge in [0.1, 0.15) is 11.4 Å². The molecule has 2 aromatic carbocycles. The van der Waals surface area contributed by atoms with Crippen LogP contribution >= 0.6 is 0 Å². The van der Waals surface area contributed by atoms with Crippen molar-refractivity contribution in [3.05, 3.63) is 70.6 Å². The first kappa shape index (κ1) is 24.7. The van der Waals surface area contributed by atoms with E-state index in [4.69, 9.17) is 4.74 Å². The van der Waals surface area contributed by atoms with Crippen LogP contribution in [-0.2, 0) is 21.9 Å². The van der Waals surface area contributed by atoms with Crippen molar-refractivity contribution in [1.29, 1.82) is 0 Å². The summed E-state index contributed by atoms with van der Waals surface area (Å²) in [6.45, 7) is 2.11. The molecular formula is C25H30N4O5S. The summed E-state index contributed by atoms with van der Waals surface area (Å²) in [4.78, 5) is 26.3. The number of piperidine rings is 1. The van der Waals surface area contributed by atoms with Crippen molar-refractivity contribution in [2.24, 2.45) is 7.05 Å². The normalized spacial score (nSPS) is 16.7. The van der Waals surface area contributed by atoms with Crippen LogP contribution in [0.15, 0.2) is 64.3 Å². The standard InChI is InChI=1S/C25H30N4O5S/c1-18-24(25(31)29(27(18)2)19-9-5-4-6-10-19)26-23(30)17-20-11-7-8-16-28(20)35(32,33)22-14-12-21(34-3)13-15-22/h4-6,9-10,12-15,20H,7-8,11,16-17H2,1-3H3,(H,26,30). The third-order valence-corrected chi connectivity index (χ3v) is 8.44. The molecule has 0 bridgehead atoms. The average molecular weight is 499 g/mol. The lowest BCUT2D eigenvalue weighted by molar-refractivity contribution is -0.117.